The van der Waals surface area contributed by atoms with Crippen LogP contribution in [-0.2, 0) is 16.1 Å². The molecule has 0 N–H and O–H groups in total. The van der Waals surface area contributed by atoms with Crippen LogP contribution in [0.5, 0.6) is 5.75 Å². The number of methoxy groups -OCH3 is 1. The monoisotopic (exact) mass is 432 g/mol. The molecule has 31 heavy (non-hydrogen) atoms. The van der Waals surface area contributed by atoms with Gasteiger partial charge in [0, 0.05) is 23.3 Å². The molecule has 0 fully saturated rings. The summed E-state index contributed by atoms with van der Waals surface area (Å²) in [6.45, 7) is 0.0854. The van der Waals surface area contributed by atoms with Gasteiger partial charge in [-0.2, -0.15) is 0 Å². The van der Waals surface area contributed by atoms with E-state index in [0.29, 0.717) is 33.2 Å². The molecule has 0 bridgehead atoms. The van der Waals surface area contributed by atoms with Crippen LogP contribution in [0, 0.1) is 0 Å². The lowest BCUT2D eigenvalue weighted by atomic mass is 10.0. The van der Waals surface area contributed by atoms with Crippen molar-refractivity contribution >= 4 is 34.7 Å². The Bertz CT molecular complexity index is 1170. The van der Waals surface area contributed by atoms with Crippen LogP contribution in [0.15, 0.2) is 84.6 Å². The first-order valence-electron chi connectivity index (χ1n) is 9.79. The van der Waals surface area contributed by atoms with Crippen molar-refractivity contribution in [3.63, 3.8) is 0 Å². The van der Waals surface area contributed by atoms with Crippen LogP contribution in [0.2, 0.25) is 5.02 Å². The first-order valence-corrected chi connectivity index (χ1v) is 10.2. The topological polar surface area (TPSA) is 49.9 Å². The van der Waals surface area contributed by atoms with Crippen molar-refractivity contribution in [3.8, 4) is 5.75 Å². The summed E-state index contributed by atoms with van der Waals surface area (Å²) in [5.74, 6) is -0.235. The van der Waals surface area contributed by atoms with Gasteiger partial charge in [-0.15, -0.1) is 0 Å². The van der Waals surface area contributed by atoms with Gasteiger partial charge in [-0.3, -0.25) is 14.5 Å². The normalized spacial score (nSPS) is 13.7. The van der Waals surface area contributed by atoms with Crippen LogP contribution in [-0.4, -0.2) is 30.9 Å². The SMILES string of the molecule is COc1ccccc1C1=C(N(C)c2ccccc2)C(=O)N(Cc2ccccc2Cl)C1=O. The van der Waals surface area contributed by atoms with Crippen LogP contribution in [0.1, 0.15) is 11.1 Å². The molecule has 0 unspecified atom stereocenters. The molecule has 1 aliphatic rings. The number of para-hydroxylation sites is 2. The second-order valence-corrected chi connectivity index (χ2v) is 7.51. The highest BCUT2D eigenvalue weighted by Gasteiger charge is 2.42. The molecule has 0 saturated carbocycles. The highest BCUT2D eigenvalue weighted by Crippen LogP contribution is 2.38. The maximum absolute atomic E-state index is 13.6. The zero-order chi connectivity index (χ0) is 22.0. The number of halogens is 1. The van der Waals surface area contributed by atoms with Crippen LogP contribution in [0.25, 0.3) is 5.57 Å². The molecule has 2 amide bonds. The largest absolute Gasteiger partial charge is 0.496 e. The van der Waals surface area contributed by atoms with Crippen LogP contribution in [0.3, 0.4) is 0 Å². The zero-order valence-corrected chi connectivity index (χ0v) is 18.0. The third kappa shape index (κ3) is 3.80. The second-order valence-electron chi connectivity index (χ2n) is 7.11. The summed E-state index contributed by atoms with van der Waals surface area (Å²) in [4.78, 5) is 30.1. The molecule has 0 aromatic heterocycles. The second kappa shape index (κ2) is 8.66. The van der Waals surface area contributed by atoms with Gasteiger partial charge >= 0.3 is 0 Å². The van der Waals surface area contributed by atoms with Gasteiger partial charge in [0.2, 0.25) is 0 Å². The van der Waals surface area contributed by atoms with E-state index in [1.807, 2.05) is 60.7 Å². The van der Waals surface area contributed by atoms with Gasteiger partial charge < -0.3 is 9.64 Å². The molecule has 4 rings (SSSR count). The Morgan fingerprint density at radius 1 is 0.871 bits per heavy atom. The molecule has 3 aromatic carbocycles. The third-order valence-corrected chi connectivity index (χ3v) is 5.65. The lowest BCUT2D eigenvalue weighted by Gasteiger charge is -2.22. The molecule has 6 heteroatoms. The summed E-state index contributed by atoms with van der Waals surface area (Å²) >= 11 is 6.30. The number of rotatable bonds is 6. The Morgan fingerprint density at radius 3 is 2.23 bits per heavy atom. The number of hydrogen-bond donors (Lipinski definition) is 0. The number of anilines is 1. The average Bonchev–Trinajstić information content (AvgIpc) is 3.05. The van der Waals surface area contributed by atoms with Crippen LogP contribution >= 0.6 is 11.6 Å². The number of amides is 2. The highest BCUT2D eigenvalue weighted by atomic mass is 35.5. The number of imide groups is 1. The van der Waals surface area contributed by atoms with Crippen LogP contribution < -0.4 is 9.64 Å². The summed E-state index contributed by atoms with van der Waals surface area (Å²) in [7, 11) is 3.33. The van der Waals surface area contributed by atoms with Crippen molar-refractivity contribution in [2.75, 3.05) is 19.1 Å². The molecule has 156 valence electrons. The Morgan fingerprint density at radius 2 is 1.52 bits per heavy atom. The highest BCUT2D eigenvalue weighted by molar-refractivity contribution is 6.37. The molecule has 5 nitrogen and oxygen atoms in total. The van der Waals surface area contributed by atoms with E-state index in [9.17, 15) is 9.59 Å². The minimum Gasteiger partial charge on any atom is -0.496 e. The van der Waals surface area contributed by atoms with Gasteiger partial charge in [-0.25, -0.2) is 0 Å². The van der Waals surface area contributed by atoms with Gasteiger partial charge in [0.1, 0.15) is 11.4 Å². The van der Waals surface area contributed by atoms with Gasteiger partial charge in [0.15, 0.2) is 0 Å². The van der Waals surface area contributed by atoms with E-state index in [1.54, 1.807) is 37.3 Å². The van der Waals surface area contributed by atoms with Crippen molar-refractivity contribution in [1.82, 2.24) is 4.90 Å². The minimum absolute atomic E-state index is 0.0854. The van der Waals surface area contributed by atoms with Gasteiger partial charge in [-0.1, -0.05) is 66.2 Å². The number of benzene rings is 3. The summed E-state index contributed by atoms with van der Waals surface area (Å²) in [5, 5.41) is 0.506. The minimum atomic E-state index is -0.382. The van der Waals surface area contributed by atoms with Crippen molar-refractivity contribution in [1.29, 1.82) is 0 Å². The van der Waals surface area contributed by atoms with Crippen molar-refractivity contribution < 1.29 is 14.3 Å². The van der Waals surface area contributed by atoms with Gasteiger partial charge in [-0.05, 0) is 29.8 Å². The molecule has 0 spiro atoms. The van der Waals surface area contributed by atoms with Crippen LogP contribution in [0.4, 0.5) is 5.69 Å². The molecular weight excluding hydrogens is 412 g/mol. The number of hydrogen-bond acceptors (Lipinski definition) is 4. The first kappa shape index (κ1) is 20.7. The zero-order valence-electron chi connectivity index (χ0n) is 17.2. The fraction of sp³-hybridized carbons (Fsp3) is 0.120. The summed E-state index contributed by atoms with van der Waals surface area (Å²) < 4.78 is 5.49. The maximum Gasteiger partial charge on any atom is 0.278 e. The molecule has 3 aromatic rings. The van der Waals surface area contributed by atoms with E-state index in [4.69, 9.17) is 16.3 Å². The van der Waals surface area contributed by atoms with Gasteiger partial charge in [0.25, 0.3) is 11.8 Å². The number of carbonyl (C=O) groups excluding carboxylic acids is 2. The predicted molar refractivity (Wildman–Crippen MR) is 122 cm³/mol. The number of likely N-dealkylation sites (N-methyl/N-ethyl adjacent to an activating group) is 1. The molecule has 1 aliphatic heterocycles. The van der Waals surface area contributed by atoms with Crippen molar-refractivity contribution in [3.05, 3.63) is 101 Å². The fourth-order valence-corrected chi connectivity index (χ4v) is 3.89. The van der Waals surface area contributed by atoms with E-state index in [2.05, 4.69) is 0 Å². The van der Waals surface area contributed by atoms with E-state index in [0.717, 1.165) is 5.69 Å². The van der Waals surface area contributed by atoms with Crippen molar-refractivity contribution in [2.24, 2.45) is 0 Å². The molecule has 1 heterocycles. The first-order chi connectivity index (χ1) is 15.0. The Kier molecular flexibility index (Phi) is 5.78. The Balaban J connectivity index is 1.84. The lowest BCUT2D eigenvalue weighted by Crippen LogP contribution is -2.33. The molecule has 0 radical (unpaired) electrons. The molecule has 0 atom stereocenters. The number of carbonyl (C=O) groups is 2. The maximum atomic E-state index is 13.6. The van der Waals surface area contributed by atoms with E-state index >= 15 is 0 Å². The summed E-state index contributed by atoms with van der Waals surface area (Å²) in [5.41, 5.74) is 2.68. The molecule has 0 aliphatic carbocycles. The van der Waals surface area contributed by atoms with Gasteiger partial charge in [0.05, 0.1) is 19.2 Å². The number of nitrogens with zero attached hydrogens (tertiary/aromatic N) is 2. The lowest BCUT2D eigenvalue weighted by molar-refractivity contribution is -0.137. The Hall–Kier alpha value is -3.57. The quantitative estimate of drug-likeness (QED) is 0.527. The summed E-state index contributed by atoms with van der Waals surface area (Å²) in [6, 6.07) is 23.9. The predicted octanol–water partition coefficient (Wildman–Crippen LogP) is 4.77. The van der Waals surface area contributed by atoms with E-state index in [-0.39, 0.29) is 18.4 Å². The standard InChI is InChI=1S/C25H21ClN2O3/c1-27(18-11-4-3-5-12-18)23-22(19-13-7-9-15-21(19)31-2)24(29)28(25(23)30)16-17-10-6-8-14-20(17)26/h3-15H,16H2,1-2H3. The molecule has 0 saturated heterocycles. The van der Waals surface area contributed by atoms with Crippen molar-refractivity contribution in [2.45, 2.75) is 6.54 Å². The van der Waals surface area contributed by atoms with E-state index < -0.39 is 0 Å². The Labute approximate surface area is 186 Å². The smallest absolute Gasteiger partial charge is 0.278 e. The summed E-state index contributed by atoms with van der Waals surface area (Å²) in [6.07, 6.45) is 0. The number of ether oxygens (including phenoxy) is 1. The van der Waals surface area contributed by atoms with E-state index in [1.165, 1.54) is 4.90 Å². The fourth-order valence-electron chi connectivity index (χ4n) is 3.69. The average molecular weight is 433 g/mol. The molecular formula is C25H21ClN2O3. The third-order valence-electron chi connectivity index (χ3n) is 5.29.